The third-order valence-electron chi connectivity index (χ3n) is 1.93. The Morgan fingerprint density at radius 2 is 2.19 bits per heavy atom. The topological polar surface area (TPSA) is 64.8 Å². The summed E-state index contributed by atoms with van der Waals surface area (Å²) in [5, 5.41) is 21.6. The van der Waals surface area contributed by atoms with Gasteiger partial charge < -0.3 is 15.5 Å². The number of aliphatic imine (C=N–C) groups is 1. The number of rotatable bonds is 6. The van der Waals surface area contributed by atoms with Crippen LogP contribution in [-0.4, -0.2) is 42.7 Å². The summed E-state index contributed by atoms with van der Waals surface area (Å²) in [4.78, 5) is 4.13. The summed E-state index contributed by atoms with van der Waals surface area (Å²) in [7, 11) is 0. The van der Waals surface area contributed by atoms with Gasteiger partial charge in [-0.2, -0.15) is 0 Å². The number of nitrogens with zero attached hydrogens (tertiary/aromatic N) is 1. The van der Waals surface area contributed by atoms with Crippen molar-refractivity contribution >= 4 is 17.8 Å². The Balaban J connectivity index is 2.40. The highest BCUT2D eigenvalue weighted by atomic mass is 35.5. The van der Waals surface area contributed by atoms with Crippen LogP contribution < -0.4 is 5.32 Å². The Morgan fingerprint density at radius 3 is 2.94 bits per heavy atom. The summed E-state index contributed by atoms with van der Waals surface area (Å²) in [5.74, 6) is 0.163. The molecular weight excluding hydrogens is 228 g/mol. The van der Waals surface area contributed by atoms with Gasteiger partial charge in [-0.1, -0.05) is 11.6 Å². The third-order valence-corrected chi connectivity index (χ3v) is 2.16. The Bertz CT molecular complexity index is 356. The first-order valence-electron chi connectivity index (χ1n) is 5.04. The molecule has 0 saturated carbocycles. The number of nitrogens with one attached hydrogen (secondary N) is 1. The van der Waals surface area contributed by atoms with Crippen LogP contribution in [0.25, 0.3) is 0 Å². The molecule has 0 unspecified atom stereocenters. The number of phenols is 1. The highest BCUT2D eigenvalue weighted by molar-refractivity contribution is 6.30. The summed E-state index contributed by atoms with van der Waals surface area (Å²) in [5.41, 5.74) is 0.606. The number of benzene rings is 1. The molecule has 0 atom stereocenters. The summed E-state index contributed by atoms with van der Waals surface area (Å²) in [6.07, 6.45) is 1.59. The zero-order chi connectivity index (χ0) is 11.8. The largest absolute Gasteiger partial charge is 0.507 e. The fourth-order valence-corrected chi connectivity index (χ4v) is 1.32. The molecular formula is C11H15ClN2O2. The minimum absolute atomic E-state index is 0.124. The van der Waals surface area contributed by atoms with Crippen molar-refractivity contribution in [2.75, 3.05) is 26.2 Å². The van der Waals surface area contributed by atoms with Gasteiger partial charge in [0.1, 0.15) is 5.75 Å². The van der Waals surface area contributed by atoms with Crippen LogP contribution in [0.2, 0.25) is 5.02 Å². The van der Waals surface area contributed by atoms with Gasteiger partial charge in [0.15, 0.2) is 0 Å². The molecule has 5 heteroatoms. The molecule has 4 nitrogen and oxygen atoms in total. The SMILES string of the molecule is OCCNCCN=Cc1cc(Cl)ccc1O. The maximum Gasteiger partial charge on any atom is 0.124 e. The van der Waals surface area contributed by atoms with Crippen LogP contribution in [0.4, 0.5) is 0 Å². The molecule has 88 valence electrons. The molecule has 16 heavy (non-hydrogen) atoms. The molecule has 1 aromatic carbocycles. The Labute approximate surface area is 99.6 Å². The molecule has 0 spiro atoms. The van der Waals surface area contributed by atoms with Crippen LogP contribution in [-0.2, 0) is 0 Å². The van der Waals surface area contributed by atoms with E-state index in [0.717, 1.165) is 0 Å². The van der Waals surface area contributed by atoms with Gasteiger partial charge in [-0.25, -0.2) is 0 Å². The molecule has 0 aliphatic rings. The monoisotopic (exact) mass is 242 g/mol. The molecule has 0 saturated heterocycles. The fraction of sp³-hybridized carbons (Fsp3) is 0.364. The molecule has 1 aromatic rings. The number of aliphatic hydroxyl groups excluding tert-OH is 1. The lowest BCUT2D eigenvalue weighted by molar-refractivity contribution is 0.293. The van der Waals surface area contributed by atoms with Crippen molar-refractivity contribution in [3.05, 3.63) is 28.8 Å². The van der Waals surface area contributed by atoms with Crippen molar-refractivity contribution in [2.24, 2.45) is 4.99 Å². The minimum Gasteiger partial charge on any atom is -0.507 e. The molecule has 0 radical (unpaired) electrons. The zero-order valence-corrected chi connectivity index (χ0v) is 9.61. The Hall–Kier alpha value is -1.10. The van der Waals surface area contributed by atoms with E-state index in [0.29, 0.717) is 30.2 Å². The summed E-state index contributed by atoms with van der Waals surface area (Å²) >= 11 is 5.79. The second kappa shape index (κ2) is 7.22. The Morgan fingerprint density at radius 1 is 1.38 bits per heavy atom. The zero-order valence-electron chi connectivity index (χ0n) is 8.86. The average molecular weight is 243 g/mol. The van der Waals surface area contributed by atoms with Crippen LogP contribution in [0.15, 0.2) is 23.2 Å². The molecule has 0 amide bonds. The predicted octanol–water partition coefficient (Wildman–Crippen LogP) is 1.05. The number of phenolic OH excluding ortho intramolecular Hbond substituents is 1. The van der Waals surface area contributed by atoms with E-state index < -0.39 is 0 Å². The van der Waals surface area contributed by atoms with Gasteiger partial charge in [-0.3, -0.25) is 4.99 Å². The van der Waals surface area contributed by atoms with Gasteiger partial charge in [-0.15, -0.1) is 0 Å². The maximum atomic E-state index is 9.48. The number of halogens is 1. The van der Waals surface area contributed by atoms with E-state index >= 15 is 0 Å². The first-order chi connectivity index (χ1) is 7.74. The van der Waals surface area contributed by atoms with Crippen molar-refractivity contribution in [3.8, 4) is 5.75 Å². The van der Waals surface area contributed by atoms with Gasteiger partial charge in [0.25, 0.3) is 0 Å². The van der Waals surface area contributed by atoms with E-state index in [1.54, 1.807) is 18.3 Å². The van der Waals surface area contributed by atoms with E-state index in [2.05, 4.69) is 10.3 Å². The third kappa shape index (κ3) is 4.61. The maximum absolute atomic E-state index is 9.48. The van der Waals surface area contributed by atoms with E-state index in [9.17, 15) is 5.11 Å². The van der Waals surface area contributed by atoms with Crippen molar-refractivity contribution in [2.45, 2.75) is 0 Å². The first kappa shape index (κ1) is 13.0. The predicted molar refractivity (Wildman–Crippen MR) is 65.5 cm³/mol. The molecule has 0 aromatic heterocycles. The number of aromatic hydroxyl groups is 1. The van der Waals surface area contributed by atoms with Gasteiger partial charge in [0.2, 0.25) is 0 Å². The van der Waals surface area contributed by atoms with Crippen LogP contribution in [0, 0.1) is 0 Å². The smallest absolute Gasteiger partial charge is 0.124 e. The molecule has 0 aliphatic heterocycles. The van der Waals surface area contributed by atoms with Crippen molar-refractivity contribution in [1.82, 2.24) is 5.32 Å². The summed E-state index contributed by atoms with van der Waals surface area (Å²) in [6.45, 7) is 1.97. The summed E-state index contributed by atoms with van der Waals surface area (Å²) < 4.78 is 0. The average Bonchev–Trinajstić information content (AvgIpc) is 2.28. The molecule has 0 aliphatic carbocycles. The van der Waals surface area contributed by atoms with Crippen LogP contribution in [0.3, 0.4) is 0 Å². The first-order valence-corrected chi connectivity index (χ1v) is 5.42. The van der Waals surface area contributed by atoms with Crippen molar-refractivity contribution in [3.63, 3.8) is 0 Å². The van der Waals surface area contributed by atoms with E-state index in [1.165, 1.54) is 6.07 Å². The molecule has 3 N–H and O–H groups in total. The van der Waals surface area contributed by atoms with Crippen molar-refractivity contribution < 1.29 is 10.2 Å². The normalized spacial score (nSPS) is 11.1. The highest BCUT2D eigenvalue weighted by Gasteiger charge is 1.97. The second-order valence-electron chi connectivity index (χ2n) is 3.21. The lowest BCUT2D eigenvalue weighted by Crippen LogP contribution is -2.21. The second-order valence-corrected chi connectivity index (χ2v) is 3.65. The number of hydrogen-bond donors (Lipinski definition) is 3. The van der Waals surface area contributed by atoms with Gasteiger partial charge in [-0.05, 0) is 18.2 Å². The van der Waals surface area contributed by atoms with Gasteiger partial charge >= 0.3 is 0 Å². The molecule has 0 heterocycles. The van der Waals surface area contributed by atoms with Crippen LogP contribution >= 0.6 is 11.6 Å². The van der Waals surface area contributed by atoms with E-state index in [4.69, 9.17) is 16.7 Å². The highest BCUT2D eigenvalue weighted by Crippen LogP contribution is 2.19. The lowest BCUT2D eigenvalue weighted by atomic mass is 10.2. The summed E-state index contributed by atoms with van der Waals surface area (Å²) in [6, 6.07) is 4.81. The quantitative estimate of drug-likeness (QED) is 0.516. The molecule has 1 rings (SSSR count). The lowest BCUT2D eigenvalue weighted by Gasteiger charge is -2.00. The fourth-order valence-electron chi connectivity index (χ4n) is 1.14. The van der Waals surface area contributed by atoms with Crippen LogP contribution in [0.1, 0.15) is 5.56 Å². The number of hydrogen-bond acceptors (Lipinski definition) is 4. The number of aliphatic hydroxyl groups is 1. The van der Waals surface area contributed by atoms with Crippen LogP contribution in [0.5, 0.6) is 5.75 Å². The van der Waals surface area contributed by atoms with E-state index in [1.807, 2.05) is 0 Å². The molecule has 0 fully saturated rings. The Kier molecular flexibility index (Phi) is 5.85. The van der Waals surface area contributed by atoms with Crippen molar-refractivity contribution in [1.29, 1.82) is 0 Å². The van der Waals surface area contributed by atoms with E-state index in [-0.39, 0.29) is 12.4 Å². The molecule has 0 bridgehead atoms. The van der Waals surface area contributed by atoms with Gasteiger partial charge in [0.05, 0.1) is 13.2 Å². The minimum atomic E-state index is 0.124. The van der Waals surface area contributed by atoms with Gasteiger partial charge in [0, 0.05) is 29.9 Å². The standard InChI is InChI=1S/C11H15ClN2O2/c12-10-1-2-11(16)9(7-10)8-14-4-3-13-5-6-15/h1-2,7-8,13,15-16H,3-6H2.